The van der Waals surface area contributed by atoms with E-state index < -0.39 is 0 Å². The topological polar surface area (TPSA) is 58.7 Å². The molecule has 0 aliphatic heterocycles. The van der Waals surface area contributed by atoms with Crippen molar-refractivity contribution in [3.63, 3.8) is 0 Å². The largest absolute Gasteiger partial charge is 0.494 e. The maximum absolute atomic E-state index is 8.98. The fourth-order valence-corrected chi connectivity index (χ4v) is 2.14. The van der Waals surface area contributed by atoms with E-state index in [9.17, 15) is 0 Å². The monoisotopic (exact) mass is 296 g/mol. The molecule has 0 saturated carbocycles. The second-order valence-electron chi connectivity index (χ2n) is 4.66. The number of aliphatic hydroxyl groups is 1. The van der Waals surface area contributed by atoms with Crippen molar-refractivity contribution in [2.75, 3.05) is 32.8 Å². The van der Waals surface area contributed by atoms with E-state index in [0.29, 0.717) is 11.6 Å². The van der Waals surface area contributed by atoms with Gasteiger partial charge in [-0.2, -0.15) is 0 Å². The molecule has 0 radical (unpaired) electrons. The van der Waals surface area contributed by atoms with Gasteiger partial charge in [0.05, 0.1) is 13.2 Å². The van der Waals surface area contributed by atoms with E-state index in [2.05, 4.69) is 11.8 Å². The maximum atomic E-state index is 8.98. The number of aliphatic hydroxyl groups excluding tert-OH is 1. The van der Waals surface area contributed by atoms with Gasteiger partial charge < -0.3 is 20.5 Å². The molecule has 0 heterocycles. The summed E-state index contributed by atoms with van der Waals surface area (Å²) < 4.78 is 5.70. The number of nitrogens with zero attached hydrogens (tertiary/aromatic N) is 1. The molecular formula is C15H24N2O2S. The Morgan fingerprint density at radius 2 is 2.15 bits per heavy atom. The number of benzene rings is 1. The van der Waals surface area contributed by atoms with Gasteiger partial charge in [-0.15, -0.1) is 0 Å². The number of rotatable bonds is 10. The van der Waals surface area contributed by atoms with E-state index >= 15 is 0 Å². The third kappa shape index (κ3) is 6.32. The lowest BCUT2D eigenvalue weighted by Crippen LogP contribution is -2.29. The summed E-state index contributed by atoms with van der Waals surface area (Å²) in [6, 6.07) is 7.53. The fraction of sp³-hybridized carbons (Fsp3) is 0.533. The standard InChI is InChI=1S/C15H24N2O2S/c1-2-7-17(9-10-18)8-4-11-19-14-6-3-5-13(12-14)15(16)20/h3,5-6,12,18H,2,4,7-11H2,1H3,(H2,16,20). The molecule has 0 unspecified atom stereocenters. The first-order valence-electron chi connectivity index (χ1n) is 7.03. The van der Waals surface area contributed by atoms with Crippen LogP contribution in [0.2, 0.25) is 0 Å². The highest BCUT2D eigenvalue weighted by Gasteiger charge is 2.03. The molecule has 20 heavy (non-hydrogen) atoms. The Morgan fingerprint density at radius 3 is 2.80 bits per heavy atom. The molecule has 112 valence electrons. The highest BCUT2D eigenvalue weighted by Crippen LogP contribution is 2.13. The van der Waals surface area contributed by atoms with Crippen molar-refractivity contribution in [3.05, 3.63) is 29.8 Å². The minimum Gasteiger partial charge on any atom is -0.494 e. The second kappa shape index (κ2) is 9.69. The van der Waals surface area contributed by atoms with Gasteiger partial charge in [-0.05, 0) is 31.5 Å². The SMILES string of the molecule is CCCN(CCO)CCCOc1cccc(C(N)=S)c1. The van der Waals surface area contributed by atoms with Crippen LogP contribution in [0, 0.1) is 0 Å². The molecule has 5 heteroatoms. The molecule has 1 aromatic carbocycles. The molecule has 1 aromatic rings. The highest BCUT2D eigenvalue weighted by molar-refractivity contribution is 7.80. The summed E-state index contributed by atoms with van der Waals surface area (Å²) in [5.74, 6) is 0.791. The first-order valence-corrected chi connectivity index (χ1v) is 7.44. The molecule has 0 saturated heterocycles. The maximum Gasteiger partial charge on any atom is 0.119 e. The van der Waals surface area contributed by atoms with Gasteiger partial charge in [0.2, 0.25) is 0 Å². The van der Waals surface area contributed by atoms with Crippen molar-refractivity contribution in [2.45, 2.75) is 19.8 Å². The van der Waals surface area contributed by atoms with Gasteiger partial charge in [-0.25, -0.2) is 0 Å². The summed E-state index contributed by atoms with van der Waals surface area (Å²) in [5, 5.41) is 8.98. The fourth-order valence-electron chi connectivity index (χ4n) is 2.01. The zero-order chi connectivity index (χ0) is 14.8. The van der Waals surface area contributed by atoms with Crippen molar-refractivity contribution < 1.29 is 9.84 Å². The average Bonchev–Trinajstić information content (AvgIpc) is 2.44. The molecule has 0 fully saturated rings. The van der Waals surface area contributed by atoms with Gasteiger partial charge in [-0.1, -0.05) is 31.3 Å². The zero-order valence-corrected chi connectivity index (χ0v) is 12.9. The van der Waals surface area contributed by atoms with Crippen molar-refractivity contribution in [1.82, 2.24) is 4.90 Å². The molecule has 1 rings (SSSR count). The lowest BCUT2D eigenvalue weighted by atomic mass is 10.2. The van der Waals surface area contributed by atoms with Crippen molar-refractivity contribution in [2.24, 2.45) is 5.73 Å². The quantitative estimate of drug-likeness (QED) is 0.509. The van der Waals surface area contributed by atoms with Crippen LogP contribution in [0.15, 0.2) is 24.3 Å². The number of ether oxygens (including phenoxy) is 1. The molecular weight excluding hydrogens is 272 g/mol. The number of hydrogen-bond donors (Lipinski definition) is 2. The Bertz CT molecular complexity index is 407. The minimum absolute atomic E-state index is 0.205. The summed E-state index contributed by atoms with van der Waals surface area (Å²) in [4.78, 5) is 2.63. The van der Waals surface area contributed by atoms with Crippen LogP contribution in [-0.4, -0.2) is 47.8 Å². The van der Waals surface area contributed by atoms with Crippen LogP contribution >= 0.6 is 12.2 Å². The van der Waals surface area contributed by atoms with Crippen LogP contribution in [0.25, 0.3) is 0 Å². The third-order valence-corrected chi connectivity index (χ3v) is 3.20. The van der Waals surface area contributed by atoms with Crippen LogP contribution in [0.4, 0.5) is 0 Å². The van der Waals surface area contributed by atoms with Gasteiger partial charge in [-0.3, -0.25) is 0 Å². The summed E-state index contributed by atoms with van der Waals surface area (Å²) in [7, 11) is 0. The summed E-state index contributed by atoms with van der Waals surface area (Å²) >= 11 is 4.94. The van der Waals surface area contributed by atoms with E-state index in [1.165, 1.54) is 0 Å². The van der Waals surface area contributed by atoms with E-state index in [1.54, 1.807) is 0 Å². The first kappa shape index (κ1) is 16.9. The first-order chi connectivity index (χ1) is 9.67. The Balaban J connectivity index is 2.33. The minimum atomic E-state index is 0.205. The Kier molecular flexibility index (Phi) is 8.18. The third-order valence-electron chi connectivity index (χ3n) is 2.96. The Hall–Kier alpha value is -1.17. The van der Waals surface area contributed by atoms with Crippen molar-refractivity contribution in [3.8, 4) is 5.75 Å². The normalized spacial score (nSPS) is 10.8. The number of nitrogens with two attached hydrogens (primary N) is 1. The molecule has 0 spiro atoms. The number of hydrogen-bond acceptors (Lipinski definition) is 4. The average molecular weight is 296 g/mol. The predicted molar refractivity (Wildman–Crippen MR) is 86.3 cm³/mol. The lowest BCUT2D eigenvalue weighted by Gasteiger charge is -2.20. The van der Waals surface area contributed by atoms with Gasteiger partial charge >= 0.3 is 0 Å². The van der Waals surface area contributed by atoms with Gasteiger partial charge in [0, 0.05) is 18.7 Å². The van der Waals surface area contributed by atoms with Crippen LogP contribution in [0.3, 0.4) is 0 Å². The molecule has 0 aromatic heterocycles. The molecule has 0 aliphatic rings. The molecule has 0 aliphatic carbocycles. The van der Waals surface area contributed by atoms with E-state index in [1.807, 2.05) is 24.3 Å². The van der Waals surface area contributed by atoms with Gasteiger partial charge in [0.15, 0.2) is 0 Å². The molecule has 0 bridgehead atoms. The van der Waals surface area contributed by atoms with Crippen molar-refractivity contribution in [1.29, 1.82) is 0 Å². The Morgan fingerprint density at radius 1 is 1.35 bits per heavy atom. The smallest absolute Gasteiger partial charge is 0.119 e. The summed E-state index contributed by atoms with van der Waals surface area (Å²) in [6.45, 7) is 5.66. The molecule has 4 nitrogen and oxygen atoms in total. The highest BCUT2D eigenvalue weighted by atomic mass is 32.1. The van der Waals surface area contributed by atoms with E-state index in [4.69, 9.17) is 27.8 Å². The molecule has 3 N–H and O–H groups in total. The molecule has 0 amide bonds. The van der Waals surface area contributed by atoms with E-state index in [0.717, 1.165) is 43.8 Å². The lowest BCUT2D eigenvalue weighted by molar-refractivity contribution is 0.183. The van der Waals surface area contributed by atoms with Gasteiger partial charge in [0.25, 0.3) is 0 Å². The summed E-state index contributed by atoms with van der Waals surface area (Å²) in [6.07, 6.45) is 2.02. The Labute approximate surface area is 126 Å². The number of thiocarbonyl (C=S) groups is 1. The zero-order valence-electron chi connectivity index (χ0n) is 12.0. The molecule has 0 atom stereocenters. The van der Waals surface area contributed by atoms with Crippen LogP contribution in [0.5, 0.6) is 5.75 Å². The van der Waals surface area contributed by atoms with Crippen molar-refractivity contribution >= 4 is 17.2 Å². The second-order valence-corrected chi connectivity index (χ2v) is 5.10. The van der Waals surface area contributed by atoms with Gasteiger partial charge in [0.1, 0.15) is 10.7 Å². The van der Waals surface area contributed by atoms with Crippen LogP contribution in [-0.2, 0) is 0 Å². The van der Waals surface area contributed by atoms with Crippen LogP contribution < -0.4 is 10.5 Å². The van der Waals surface area contributed by atoms with E-state index in [-0.39, 0.29) is 6.61 Å². The van der Waals surface area contributed by atoms with Crippen LogP contribution in [0.1, 0.15) is 25.3 Å². The predicted octanol–water partition coefficient (Wildman–Crippen LogP) is 1.79. The summed E-state index contributed by atoms with van der Waals surface area (Å²) in [5.41, 5.74) is 6.41.